The van der Waals surface area contributed by atoms with E-state index in [0.717, 1.165) is 25.5 Å². The van der Waals surface area contributed by atoms with E-state index in [0.29, 0.717) is 49.2 Å². The molecule has 0 saturated carbocycles. The highest BCUT2D eigenvalue weighted by atomic mass is 19.2. The number of halogens is 4. The minimum absolute atomic E-state index is 0.0805. The third-order valence-electron chi connectivity index (χ3n) is 9.57. The molecule has 0 unspecified atom stereocenters. The lowest BCUT2D eigenvalue weighted by Crippen LogP contribution is -2.54. The average Bonchev–Trinajstić information content (AvgIpc) is 3.54. The molecule has 0 bridgehead atoms. The zero-order valence-corrected chi connectivity index (χ0v) is 27.4. The Hall–Kier alpha value is -4.26. The molecule has 5 heterocycles. The second-order valence-electron chi connectivity index (χ2n) is 14.3. The van der Waals surface area contributed by atoms with Gasteiger partial charge < -0.3 is 19.3 Å². The molecule has 0 spiro atoms. The van der Waals surface area contributed by atoms with Gasteiger partial charge in [-0.1, -0.05) is 24.3 Å². The van der Waals surface area contributed by atoms with Crippen molar-refractivity contribution in [2.45, 2.75) is 57.3 Å². The number of amides is 1. The molecule has 3 saturated heterocycles. The zero-order valence-electron chi connectivity index (χ0n) is 27.4. The first kappa shape index (κ1) is 32.3. The molecule has 7 rings (SSSR count). The lowest BCUT2D eigenvalue weighted by molar-refractivity contribution is 0.000174. The Bertz CT molecular complexity index is 1900. The van der Waals surface area contributed by atoms with Gasteiger partial charge in [0.15, 0.2) is 17.5 Å². The van der Waals surface area contributed by atoms with Crippen LogP contribution >= 0.6 is 0 Å². The molecule has 2 aromatic heterocycles. The van der Waals surface area contributed by atoms with Gasteiger partial charge in [-0.05, 0) is 51.6 Å². The van der Waals surface area contributed by atoms with Crippen LogP contribution in [-0.4, -0.2) is 94.5 Å². The SMILES string of the molecule is CN(CC1CN(C(=O)OC(C)(C)C)C1)c1nc(OC[C@@]23CCCN2C[C@H](F)C3)nc2c(F)c(-c3cccc4ccc(F)c(F)c34)ncc12. The molecular weight excluding hydrogens is 628 g/mol. The van der Waals surface area contributed by atoms with Crippen LogP contribution in [0.15, 0.2) is 36.5 Å². The Balaban J connectivity index is 1.24. The molecule has 4 aromatic rings. The summed E-state index contributed by atoms with van der Waals surface area (Å²) in [5, 5.41) is 0.601. The van der Waals surface area contributed by atoms with Gasteiger partial charge in [-0.3, -0.25) is 9.88 Å². The standard InChI is InChI=1S/C35H38F4N6O3/c1-34(2,3)48-33(46)44-16-20(17-44)15-43(4)31-24-14-40-29(23-8-5-7-21-9-10-25(37)27(38)26(21)23)28(39)30(24)41-32(42-31)47-19-35-11-6-12-45(35)18-22(36)13-35/h5,7-10,14,20,22H,6,11-13,15-19H2,1-4H3/t22-,35+/m1/s1. The van der Waals surface area contributed by atoms with E-state index in [1.165, 1.54) is 18.3 Å². The van der Waals surface area contributed by atoms with E-state index in [9.17, 15) is 13.6 Å². The number of likely N-dealkylation sites (tertiary alicyclic amines) is 1. The lowest BCUT2D eigenvalue weighted by Gasteiger charge is -2.41. The predicted octanol–water partition coefficient (Wildman–Crippen LogP) is 6.52. The molecule has 254 valence electrons. The largest absolute Gasteiger partial charge is 0.461 e. The predicted molar refractivity (Wildman–Crippen MR) is 173 cm³/mol. The molecule has 9 nitrogen and oxygen atoms in total. The maximum Gasteiger partial charge on any atom is 0.410 e. The van der Waals surface area contributed by atoms with Crippen molar-refractivity contribution in [2.75, 3.05) is 51.3 Å². The Labute approximate surface area is 275 Å². The summed E-state index contributed by atoms with van der Waals surface area (Å²) in [7, 11) is 1.80. The van der Waals surface area contributed by atoms with Gasteiger partial charge >= 0.3 is 12.1 Å². The quantitative estimate of drug-likeness (QED) is 0.206. The monoisotopic (exact) mass is 666 g/mol. The van der Waals surface area contributed by atoms with Crippen LogP contribution in [0, 0.1) is 23.4 Å². The van der Waals surface area contributed by atoms with E-state index >= 15 is 8.78 Å². The first-order valence-corrected chi connectivity index (χ1v) is 16.3. The van der Waals surface area contributed by atoms with Crippen molar-refractivity contribution in [1.82, 2.24) is 24.8 Å². The third kappa shape index (κ3) is 5.86. The molecule has 0 radical (unpaired) electrons. The summed E-state index contributed by atoms with van der Waals surface area (Å²) in [4.78, 5) is 31.6. The van der Waals surface area contributed by atoms with Crippen molar-refractivity contribution < 1.29 is 31.8 Å². The van der Waals surface area contributed by atoms with E-state index < -0.39 is 34.8 Å². The van der Waals surface area contributed by atoms with Gasteiger partial charge in [-0.15, -0.1) is 0 Å². The fourth-order valence-electron chi connectivity index (χ4n) is 7.35. The number of hydrogen-bond acceptors (Lipinski definition) is 8. The number of nitrogens with zero attached hydrogens (tertiary/aromatic N) is 6. The maximum absolute atomic E-state index is 16.6. The van der Waals surface area contributed by atoms with Crippen LogP contribution < -0.4 is 9.64 Å². The maximum atomic E-state index is 16.6. The number of rotatable bonds is 7. The first-order chi connectivity index (χ1) is 22.8. The van der Waals surface area contributed by atoms with E-state index in [1.807, 2.05) is 25.7 Å². The second kappa shape index (κ2) is 12.0. The highest BCUT2D eigenvalue weighted by molar-refractivity contribution is 5.99. The number of anilines is 1. The zero-order chi connectivity index (χ0) is 34.0. The van der Waals surface area contributed by atoms with E-state index in [4.69, 9.17) is 9.47 Å². The Morgan fingerprint density at radius 3 is 2.65 bits per heavy atom. The minimum Gasteiger partial charge on any atom is -0.461 e. The number of benzene rings is 2. The number of alkyl halides is 1. The molecule has 2 atom stereocenters. The fourth-order valence-corrected chi connectivity index (χ4v) is 7.35. The molecular formula is C35H38F4N6O3. The van der Waals surface area contributed by atoms with Crippen molar-refractivity contribution in [3.63, 3.8) is 0 Å². The van der Waals surface area contributed by atoms with Crippen molar-refractivity contribution in [3.05, 3.63) is 54.0 Å². The highest BCUT2D eigenvalue weighted by Crippen LogP contribution is 2.41. The van der Waals surface area contributed by atoms with Gasteiger partial charge in [-0.25, -0.2) is 22.4 Å². The summed E-state index contributed by atoms with van der Waals surface area (Å²) in [5.41, 5.74) is -1.29. The van der Waals surface area contributed by atoms with Gasteiger partial charge in [0.25, 0.3) is 0 Å². The van der Waals surface area contributed by atoms with Crippen molar-refractivity contribution in [1.29, 1.82) is 0 Å². The molecule has 0 N–H and O–H groups in total. The van der Waals surface area contributed by atoms with E-state index in [1.54, 1.807) is 24.1 Å². The number of pyridine rings is 1. The van der Waals surface area contributed by atoms with Crippen molar-refractivity contribution >= 4 is 33.6 Å². The van der Waals surface area contributed by atoms with Crippen LogP contribution in [-0.2, 0) is 4.74 Å². The van der Waals surface area contributed by atoms with Gasteiger partial charge in [0.05, 0.1) is 10.9 Å². The molecule has 3 fully saturated rings. The van der Waals surface area contributed by atoms with Crippen LogP contribution in [0.2, 0.25) is 0 Å². The number of aromatic nitrogens is 3. The summed E-state index contributed by atoms with van der Waals surface area (Å²) in [6.07, 6.45) is 2.14. The molecule has 3 aliphatic heterocycles. The summed E-state index contributed by atoms with van der Waals surface area (Å²) in [6.45, 7) is 8.16. The van der Waals surface area contributed by atoms with Crippen LogP contribution in [0.4, 0.5) is 28.2 Å². The number of carbonyl (C=O) groups excluding carboxylic acids is 1. The molecule has 48 heavy (non-hydrogen) atoms. The number of ether oxygens (including phenoxy) is 2. The Morgan fingerprint density at radius 2 is 1.88 bits per heavy atom. The number of hydrogen-bond donors (Lipinski definition) is 0. The van der Waals surface area contributed by atoms with Crippen LogP contribution in [0.5, 0.6) is 6.01 Å². The van der Waals surface area contributed by atoms with Gasteiger partial charge in [0, 0.05) is 62.7 Å². The highest BCUT2D eigenvalue weighted by Gasteiger charge is 2.49. The van der Waals surface area contributed by atoms with E-state index in [2.05, 4.69) is 19.9 Å². The molecule has 0 aliphatic carbocycles. The number of fused-ring (bicyclic) bond motifs is 3. The molecule has 3 aliphatic rings. The summed E-state index contributed by atoms with van der Waals surface area (Å²) in [6, 6.07) is 7.10. The van der Waals surface area contributed by atoms with Crippen LogP contribution in [0.1, 0.15) is 40.0 Å². The first-order valence-electron chi connectivity index (χ1n) is 16.3. The molecule has 2 aromatic carbocycles. The minimum atomic E-state index is -1.10. The summed E-state index contributed by atoms with van der Waals surface area (Å²) < 4.78 is 72.1. The van der Waals surface area contributed by atoms with Gasteiger partial charge in [-0.2, -0.15) is 9.97 Å². The topological polar surface area (TPSA) is 83.9 Å². The Kier molecular flexibility index (Phi) is 8.08. The third-order valence-corrected chi connectivity index (χ3v) is 9.57. The van der Waals surface area contributed by atoms with Crippen molar-refractivity contribution in [3.8, 4) is 17.3 Å². The van der Waals surface area contributed by atoms with Crippen LogP contribution in [0.25, 0.3) is 32.9 Å². The normalized spacial score (nSPS) is 21.5. The van der Waals surface area contributed by atoms with Crippen molar-refractivity contribution in [2.24, 2.45) is 5.92 Å². The number of carbonyl (C=O) groups is 1. The molecule has 1 amide bonds. The molecule has 13 heteroatoms. The van der Waals surface area contributed by atoms with Gasteiger partial charge in [0.1, 0.15) is 35.4 Å². The Morgan fingerprint density at radius 1 is 1.08 bits per heavy atom. The summed E-state index contributed by atoms with van der Waals surface area (Å²) >= 11 is 0. The summed E-state index contributed by atoms with van der Waals surface area (Å²) in [5.74, 6) is -2.54. The smallest absolute Gasteiger partial charge is 0.410 e. The fraction of sp³-hybridized carbons (Fsp3) is 0.486. The van der Waals surface area contributed by atoms with Gasteiger partial charge in [0.2, 0.25) is 0 Å². The average molecular weight is 667 g/mol. The second-order valence-corrected chi connectivity index (χ2v) is 14.3. The lowest BCUT2D eigenvalue weighted by atomic mass is 9.95. The van der Waals surface area contributed by atoms with E-state index in [-0.39, 0.29) is 46.8 Å². The van der Waals surface area contributed by atoms with Crippen LogP contribution in [0.3, 0.4) is 0 Å².